The van der Waals surface area contributed by atoms with Crippen molar-refractivity contribution in [2.24, 2.45) is 0 Å². The van der Waals surface area contributed by atoms with Crippen LogP contribution in [0.15, 0.2) is 24.3 Å². The number of hydrogen-bond donors (Lipinski definition) is 1. The molecule has 1 amide bonds. The fourth-order valence-electron chi connectivity index (χ4n) is 3.82. The van der Waals surface area contributed by atoms with Crippen molar-refractivity contribution in [1.82, 2.24) is 14.9 Å². The number of rotatable bonds is 4. The Morgan fingerprint density at radius 1 is 1.23 bits per heavy atom. The summed E-state index contributed by atoms with van der Waals surface area (Å²) in [6.07, 6.45) is 6.25. The highest BCUT2D eigenvalue weighted by Crippen LogP contribution is 2.27. The van der Waals surface area contributed by atoms with Crippen LogP contribution >= 0.6 is 0 Å². The number of amides is 1. The largest absolute Gasteiger partial charge is 0.376 e. The molecule has 1 N–H and O–H groups in total. The molecule has 0 radical (unpaired) electrons. The van der Waals surface area contributed by atoms with Gasteiger partial charge in [-0.2, -0.15) is 0 Å². The Balaban J connectivity index is 1.63. The second-order valence-corrected chi connectivity index (χ2v) is 7.04. The monoisotopic (exact) mass is 357 g/mol. The summed E-state index contributed by atoms with van der Waals surface area (Å²) in [5, 5.41) is 2.99. The molecule has 4 rings (SSSR count). The maximum atomic E-state index is 13.3. The van der Waals surface area contributed by atoms with E-state index in [1.807, 2.05) is 0 Å². The summed E-state index contributed by atoms with van der Waals surface area (Å²) >= 11 is 0. The Morgan fingerprint density at radius 2 is 2.08 bits per heavy atom. The van der Waals surface area contributed by atoms with Gasteiger partial charge >= 0.3 is 0 Å². The Morgan fingerprint density at radius 3 is 2.85 bits per heavy atom. The highest BCUT2D eigenvalue weighted by atomic mass is 19.1. The lowest BCUT2D eigenvalue weighted by molar-refractivity contribution is 0.0853. The predicted molar refractivity (Wildman–Crippen MR) is 96.5 cm³/mol. The third-order valence-corrected chi connectivity index (χ3v) is 5.20. The molecule has 2 aromatic rings. The minimum atomic E-state index is -0.272. The maximum Gasteiger partial charge on any atom is 0.271 e. The second-order valence-electron chi connectivity index (χ2n) is 7.04. The van der Waals surface area contributed by atoms with E-state index in [9.17, 15) is 9.18 Å². The molecule has 0 unspecified atom stereocenters. The van der Waals surface area contributed by atoms with Crippen molar-refractivity contribution in [3.63, 3.8) is 0 Å². The minimum Gasteiger partial charge on any atom is -0.376 e. The average molecular weight is 357 g/mol. The van der Waals surface area contributed by atoms with Crippen LogP contribution in [0.5, 0.6) is 0 Å². The molecule has 1 saturated heterocycles. The van der Waals surface area contributed by atoms with Crippen LogP contribution in [0.4, 0.5) is 4.39 Å². The zero-order valence-corrected chi connectivity index (χ0v) is 14.8. The molecule has 1 atom stereocenters. The first kappa shape index (κ1) is 17.2. The van der Waals surface area contributed by atoms with Gasteiger partial charge in [-0.1, -0.05) is 6.42 Å². The SMILES string of the molecule is O=C(NC[C@H]1CCCO1)c1nc(-c2ccc(F)cc2)n2c1CCCCC2. The van der Waals surface area contributed by atoms with Crippen molar-refractivity contribution in [1.29, 1.82) is 0 Å². The van der Waals surface area contributed by atoms with Crippen molar-refractivity contribution < 1.29 is 13.9 Å². The fraction of sp³-hybridized carbons (Fsp3) is 0.500. The first-order valence-corrected chi connectivity index (χ1v) is 9.47. The molecule has 1 fully saturated rings. The third-order valence-electron chi connectivity index (χ3n) is 5.20. The van der Waals surface area contributed by atoms with Crippen molar-refractivity contribution in [3.8, 4) is 11.4 Å². The van der Waals surface area contributed by atoms with Gasteiger partial charge in [0.05, 0.1) is 11.8 Å². The van der Waals surface area contributed by atoms with Crippen molar-refractivity contribution >= 4 is 5.91 Å². The third kappa shape index (κ3) is 3.51. The van der Waals surface area contributed by atoms with Gasteiger partial charge in [-0.25, -0.2) is 9.37 Å². The highest BCUT2D eigenvalue weighted by molar-refractivity contribution is 5.94. The highest BCUT2D eigenvalue weighted by Gasteiger charge is 2.25. The lowest BCUT2D eigenvalue weighted by atomic mass is 10.1. The number of carbonyl (C=O) groups is 1. The summed E-state index contributed by atoms with van der Waals surface area (Å²) in [7, 11) is 0. The standard InChI is InChI=1S/C20H24FN3O2/c21-15-9-7-14(8-10-15)19-23-18(17-6-2-1-3-11-24(17)19)20(25)22-13-16-5-4-12-26-16/h7-10,16H,1-6,11-13H2,(H,22,25)/t16-/m1/s1. The number of nitrogens with zero attached hydrogens (tertiary/aromatic N) is 2. The van der Waals surface area contributed by atoms with Crippen LogP contribution in [0.25, 0.3) is 11.4 Å². The minimum absolute atomic E-state index is 0.108. The van der Waals surface area contributed by atoms with Crippen LogP contribution < -0.4 is 5.32 Å². The number of halogens is 1. The molecule has 0 bridgehead atoms. The van der Waals surface area contributed by atoms with E-state index in [0.29, 0.717) is 12.2 Å². The molecule has 6 heteroatoms. The fourth-order valence-corrected chi connectivity index (χ4v) is 3.82. The Hall–Kier alpha value is -2.21. The molecule has 2 aliphatic heterocycles. The van der Waals surface area contributed by atoms with Crippen LogP contribution in [0.3, 0.4) is 0 Å². The van der Waals surface area contributed by atoms with E-state index in [1.54, 1.807) is 12.1 Å². The molecule has 0 spiro atoms. The number of carbonyl (C=O) groups excluding carboxylic acids is 1. The smallest absolute Gasteiger partial charge is 0.271 e. The van der Waals surface area contributed by atoms with Crippen LogP contribution in [0, 0.1) is 5.82 Å². The second kappa shape index (κ2) is 7.58. The zero-order chi connectivity index (χ0) is 17.9. The number of imidazole rings is 1. The zero-order valence-electron chi connectivity index (χ0n) is 14.8. The van der Waals surface area contributed by atoms with E-state index in [0.717, 1.165) is 68.8 Å². The van der Waals surface area contributed by atoms with Gasteiger partial charge in [0.2, 0.25) is 0 Å². The molecule has 26 heavy (non-hydrogen) atoms. The lowest BCUT2D eigenvalue weighted by Gasteiger charge is -2.11. The van der Waals surface area contributed by atoms with E-state index in [2.05, 4.69) is 14.9 Å². The molecular weight excluding hydrogens is 333 g/mol. The molecular formula is C20H24FN3O2. The van der Waals surface area contributed by atoms with E-state index in [4.69, 9.17) is 4.74 Å². The van der Waals surface area contributed by atoms with Crippen molar-refractivity contribution in [2.45, 2.75) is 51.2 Å². The molecule has 0 aliphatic carbocycles. The Kier molecular flexibility index (Phi) is 5.02. The van der Waals surface area contributed by atoms with Crippen molar-refractivity contribution in [3.05, 3.63) is 41.5 Å². The summed E-state index contributed by atoms with van der Waals surface area (Å²) in [4.78, 5) is 17.4. The number of aromatic nitrogens is 2. The molecule has 0 saturated carbocycles. The molecule has 5 nitrogen and oxygen atoms in total. The summed E-state index contributed by atoms with van der Waals surface area (Å²) in [5.41, 5.74) is 2.34. The van der Waals surface area contributed by atoms with Gasteiger partial charge in [0, 0.05) is 25.3 Å². The maximum absolute atomic E-state index is 13.3. The number of benzene rings is 1. The molecule has 1 aromatic heterocycles. The number of ether oxygens (including phenoxy) is 1. The van der Waals surface area contributed by atoms with Crippen LogP contribution in [0.2, 0.25) is 0 Å². The van der Waals surface area contributed by atoms with E-state index < -0.39 is 0 Å². The first-order valence-electron chi connectivity index (χ1n) is 9.47. The van der Waals surface area contributed by atoms with E-state index in [-0.39, 0.29) is 17.8 Å². The van der Waals surface area contributed by atoms with Crippen LogP contribution in [0.1, 0.15) is 48.3 Å². The summed E-state index contributed by atoms with van der Waals surface area (Å²) in [5.74, 6) is 0.342. The molecule has 2 aliphatic rings. The van der Waals surface area contributed by atoms with Crippen LogP contribution in [-0.4, -0.2) is 34.7 Å². The quantitative estimate of drug-likeness (QED) is 0.913. The van der Waals surface area contributed by atoms with Gasteiger partial charge in [-0.05, 0) is 56.4 Å². The molecule has 138 valence electrons. The van der Waals surface area contributed by atoms with Crippen molar-refractivity contribution in [2.75, 3.05) is 13.2 Å². The Bertz CT molecular complexity index is 779. The average Bonchev–Trinajstić information content (AvgIpc) is 3.23. The van der Waals surface area contributed by atoms with Crippen LogP contribution in [-0.2, 0) is 17.7 Å². The summed E-state index contributed by atoms with van der Waals surface area (Å²) in [6, 6.07) is 6.32. The Labute approximate surface area is 152 Å². The normalized spacial score (nSPS) is 19.8. The predicted octanol–water partition coefficient (Wildman–Crippen LogP) is 3.32. The number of nitrogens with one attached hydrogen (secondary N) is 1. The van der Waals surface area contributed by atoms with Gasteiger partial charge in [-0.15, -0.1) is 0 Å². The molecule has 3 heterocycles. The summed E-state index contributed by atoms with van der Waals surface area (Å²) < 4.78 is 21.0. The number of fused-ring (bicyclic) bond motifs is 1. The van der Waals surface area contributed by atoms with Gasteiger partial charge in [0.1, 0.15) is 17.3 Å². The summed E-state index contributed by atoms with van der Waals surface area (Å²) in [6.45, 7) is 2.14. The van der Waals surface area contributed by atoms with Gasteiger partial charge in [-0.3, -0.25) is 4.79 Å². The van der Waals surface area contributed by atoms with E-state index >= 15 is 0 Å². The number of hydrogen-bond acceptors (Lipinski definition) is 3. The molecule has 1 aromatic carbocycles. The van der Waals surface area contributed by atoms with Gasteiger partial charge in [0.15, 0.2) is 0 Å². The topological polar surface area (TPSA) is 56.1 Å². The first-order chi connectivity index (χ1) is 12.7. The van der Waals surface area contributed by atoms with Gasteiger partial charge < -0.3 is 14.6 Å². The van der Waals surface area contributed by atoms with E-state index in [1.165, 1.54) is 12.1 Å². The lowest BCUT2D eigenvalue weighted by Crippen LogP contribution is -2.32. The van der Waals surface area contributed by atoms with Gasteiger partial charge in [0.25, 0.3) is 5.91 Å².